The molecule has 2 rings (SSSR count). The van der Waals surface area contributed by atoms with E-state index < -0.39 is 0 Å². The standard InChI is InChI=1S/C14H14BrNS/c1-10(11-5-3-2-4-6-11)17-14-8-7-12(16)9-13(14)15/h2-10H,16H2,1H3. The fraction of sp³-hybridized carbons (Fsp3) is 0.143. The first-order valence-corrected chi connectivity index (χ1v) is 7.10. The second-order valence-electron chi connectivity index (χ2n) is 3.86. The second kappa shape index (κ2) is 5.61. The molecule has 0 saturated heterocycles. The zero-order valence-corrected chi connectivity index (χ0v) is 12.0. The summed E-state index contributed by atoms with van der Waals surface area (Å²) >= 11 is 5.38. The maximum absolute atomic E-state index is 5.73. The van der Waals surface area contributed by atoms with E-state index >= 15 is 0 Å². The molecule has 17 heavy (non-hydrogen) atoms. The highest BCUT2D eigenvalue weighted by Crippen LogP contribution is 2.38. The third-order valence-corrected chi connectivity index (χ3v) is 4.68. The molecule has 0 amide bonds. The average Bonchev–Trinajstić information content (AvgIpc) is 2.34. The van der Waals surface area contributed by atoms with Crippen LogP contribution in [0.2, 0.25) is 0 Å². The van der Waals surface area contributed by atoms with Crippen LogP contribution in [0.5, 0.6) is 0 Å². The van der Waals surface area contributed by atoms with Crippen molar-refractivity contribution < 1.29 is 0 Å². The Balaban J connectivity index is 2.16. The number of nitrogens with two attached hydrogens (primary N) is 1. The molecule has 0 saturated carbocycles. The summed E-state index contributed by atoms with van der Waals surface area (Å²) in [6.45, 7) is 2.21. The van der Waals surface area contributed by atoms with Gasteiger partial charge >= 0.3 is 0 Å². The number of benzene rings is 2. The van der Waals surface area contributed by atoms with Crippen molar-refractivity contribution in [3.05, 3.63) is 58.6 Å². The van der Waals surface area contributed by atoms with Gasteiger partial charge in [0.05, 0.1) is 0 Å². The van der Waals surface area contributed by atoms with Crippen LogP contribution < -0.4 is 5.73 Å². The van der Waals surface area contributed by atoms with Crippen molar-refractivity contribution in [1.29, 1.82) is 0 Å². The van der Waals surface area contributed by atoms with Gasteiger partial charge in [0.15, 0.2) is 0 Å². The van der Waals surface area contributed by atoms with Gasteiger partial charge in [-0.1, -0.05) is 30.3 Å². The lowest BCUT2D eigenvalue weighted by atomic mass is 10.2. The Labute approximate surface area is 115 Å². The van der Waals surface area contributed by atoms with Gasteiger partial charge in [-0.3, -0.25) is 0 Å². The van der Waals surface area contributed by atoms with E-state index in [9.17, 15) is 0 Å². The van der Waals surface area contributed by atoms with Crippen LogP contribution in [0.3, 0.4) is 0 Å². The van der Waals surface area contributed by atoms with Crippen LogP contribution >= 0.6 is 27.7 Å². The van der Waals surface area contributed by atoms with Crippen LogP contribution in [0, 0.1) is 0 Å². The molecule has 88 valence electrons. The summed E-state index contributed by atoms with van der Waals surface area (Å²) in [5.74, 6) is 0. The van der Waals surface area contributed by atoms with Crippen LogP contribution in [0.25, 0.3) is 0 Å². The molecule has 2 aromatic rings. The minimum Gasteiger partial charge on any atom is -0.399 e. The number of halogens is 1. The fourth-order valence-corrected chi connectivity index (χ4v) is 3.26. The van der Waals surface area contributed by atoms with Gasteiger partial charge in [-0.05, 0) is 46.6 Å². The van der Waals surface area contributed by atoms with E-state index in [0.717, 1.165) is 10.2 Å². The van der Waals surface area contributed by atoms with Gasteiger partial charge in [0, 0.05) is 20.3 Å². The molecule has 0 aliphatic carbocycles. The summed E-state index contributed by atoms with van der Waals surface area (Å²) in [6.07, 6.45) is 0. The number of nitrogen functional groups attached to an aromatic ring is 1. The molecular formula is C14H14BrNS. The lowest BCUT2D eigenvalue weighted by Crippen LogP contribution is -1.89. The molecule has 1 atom stereocenters. The van der Waals surface area contributed by atoms with Crippen LogP contribution in [0.4, 0.5) is 5.69 Å². The first-order valence-electron chi connectivity index (χ1n) is 5.43. The molecule has 3 heteroatoms. The Morgan fingerprint density at radius 2 is 1.82 bits per heavy atom. The average molecular weight is 308 g/mol. The minimum atomic E-state index is 0.427. The molecule has 0 fully saturated rings. The molecule has 0 aliphatic heterocycles. The molecule has 0 aromatic heterocycles. The van der Waals surface area contributed by atoms with E-state index in [1.807, 2.05) is 30.0 Å². The molecule has 0 aliphatic rings. The lowest BCUT2D eigenvalue weighted by molar-refractivity contribution is 1.09. The van der Waals surface area contributed by atoms with Gasteiger partial charge < -0.3 is 5.73 Å². The normalized spacial score (nSPS) is 12.4. The summed E-state index contributed by atoms with van der Waals surface area (Å²) in [5, 5.41) is 0.427. The molecule has 2 N–H and O–H groups in total. The lowest BCUT2D eigenvalue weighted by Gasteiger charge is -2.13. The summed E-state index contributed by atoms with van der Waals surface area (Å²) in [6, 6.07) is 16.4. The van der Waals surface area contributed by atoms with Crippen molar-refractivity contribution in [2.75, 3.05) is 5.73 Å². The van der Waals surface area contributed by atoms with Gasteiger partial charge in [-0.25, -0.2) is 0 Å². The van der Waals surface area contributed by atoms with E-state index in [4.69, 9.17) is 5.73 Å². The molecule has 1 unspecified atom stereocenters. The molecule has 2 aromatic carbocycles. The van der Waals surface area contributed by atoms with E-state index in [1.54, 1.807) is 0 Å². The van der Waals surface area contributed by atoms with Crippen molar-refractivity contribution in [2.24, 2.45) is 0 Å². The van der Waals surface area contributed by atoms with Gasteiger partial charge in [0.1, 0.15) is 0 Å². The van der Waals surface area contributed by atoms with Crippen molar-refractivity contribution in [3.8, 4) is 0 Å². The molecule has 0 spiro atoms. The molecule has 0 heterocycles. The Bertz CT molecular complexity index is 499. The quantitative estimate of drug-likeness (QED) is 0.645. The van der Waals surface area contributed by atoms with E-state index in [0.29, 0.717) is 5.25 Å². The van der Waals surface area contributed by atoms with Crippen LogP contribution in [0.15, 0.2) is 57.9 Å². The fourth-order valence-electron chi connectivity index (χ4n) is 1.60. The largest absolute Gasteiger partial charge is 0.399 e. The zero-order chi connectivity index (χ0) is 12.3. The number of hydrogen-bond donors (Lipinski definition) is 1. The number of rotatable bonds is 3. The first kappa shape index (κ1) is 12.5. The highest BCUT2D eigenvalue weighted by Gasteiger charge is 2.09. The Kier molecular flexibility index (Phi) is 4.13. The van der Waals surface area contributed by atoms with Crippen molar-refractivity contribution >= 4 is 33.4 Å². The molecular weight excluding hydrogens is 294 g/mol. The molecule has 0 bridgehead atoms. The zero-order valence-electron chi connectivity index (χ0n) is 9.56. The van der Waals surface area contributed by atoms with Gasteiger partial charge in [0.25, 0.3) is 0 Å². The van der Waals surface area contributed by atoms with Crippen LogP contribution in [-0.4, -0.2) is 0 Å². The summed E-state index contributed by atoms with van der Waals surface area (Å²) in [5.41, 5.74) is 7.85. The minimum absolute atomic E-state index is 0.427. The maximum atomic E-state index is 5.73. The first-order chi connectivity index (χ1) is 8.16. The van der Waals surface area contributed by atoms with Crippen molar-refractivity contribution in [3.63, 3.8) is 0 Å². The number of thioether (sulfide) groups is 1. The monoisotopic (exact) mass is 307 g/mol. The summed E-state index contributed by atoms with van der Waals surface area (Å²) in [7, 11) is 0. The Hall–Kier alpha value is -0.930. The SMILES string of the molecule is CC(Sc1ccc(N)cc1Br)c1ccccc1. The van der Waals surface area contributed by atoms with E-state index in [2.05, 4.69) is 53.2 Å². The Morgan fingerprint density at radius 3 is 2.47 bits per heavy atom. The van der Waals surface area contributed by atoms with Gasteiger partial charge in [0.2, 0.25) is 0 Å². The number of hydrogen-bond acceptors (Lipinski definition) is 2. The van der Waals surface area contributed by atoms with Crippen LogP contribution in [0.1, 0.15) is 17.7 Å². The summed E-state index contributed by atoms with van der Waals surface area (Å²) in [4.78, 5) is 1.22. The highest BCUT2D eigenvalue weighted by molar-refractivity contribution is 9.10. The highest BCUT2D eigenvalue weighted by atomic mass is 79.9. The molecule has 1 nitrogen and oxygen atoms in total. The predicted molar refractivity (Wildman–Crippen MR) is 79.3 cm³/mol. The van der Waals surface area contributed by atoms with E-state index in [1.165, 1.54) is 10.5 Å². The molecule has 0 radical (unpaired) electrons. The topological polar surface area (TPSA) is 26.0 Å². The Morgan fingerprint density at radius 1 is 1.12 bits per heavy atom. The van der Waals surface area contributed by atoms with Crippen molar-refractivity contribution in [2.45, 2.75) is 17.1 Å². The van der Waals surface area contributed by atoms with Crippen LogP contribution in [-0.2, 0) is 0 Å². The van der Waals surface area contributed by atoms with Gasteiger partial charge in [-0.15, -0.1) is 11.8 Å². The third-order valence-electron chi connectivity index (χ3n) is 2.53. The predicted octanol–water partition coefficient (Wildman–Crippen LogP) is 4.88. The van der Waals surface area contributed by atoms with E-state index in [-0.39, 0.29) is 0 Å². The van der Waals surface area contributed by atoms with Crippen molar-refractivity contribution in [1.82, 2.24) is 0 Å². The maximum Gasteiger partial charge on any atom is 0.0331 e. The second-order valence-corrected chi connectivity index (χ2v) is 6.10. The summed E-state index contributed by atoms with van der Waals surface area (Å²) < 4.78 is 1.06. The number of anilines is 1. The smallest absolute Gasteiger partial charge is 0.0331 e. The third kappa shape index (κ3) is 3.27. The van der Waals surface area contributed by atoms with Gasteiger partial charge in [-0.2, -0.15) is 0 Å².